The van der Waals surface area contributed by atoms with E-state index in [-0.39, 0.29) is 13.1 Å². The van der Waals surface area contributed by atoms with Crippen LogP contribution in [0.1, 0.15) is 0 Å². The lowest BCUT2D eigenvalue weighted by atomic mass is 10.2. The number of thiol groups is 1. The summed E-state index contributed by atoms with van der Waals surface area (Å²) in [6, 6.07) is 0. The van der Waals surface area contributed by atoms with Crippen LogP contribution in [0.25, 0.3) is 0 Å². The van der Waals surface area contributed by atoms with Crippen molar-refractivity contribution in [3.63, 3.8) is 0 Å². The van der Waals surface area contributed by atoms with Gasteiger partial charge >= 0.3 is 0 Å². The summed E-state index contributed by atoms with van der Waals surface area (Å²) >= 11 is 3.53. The summed E-state index contributed by atoms with van der Waals surface area (Å²) in [5, 5.41) is 5.28. The zero-order valence-electron chi connectivity index (χ0n) is 22.8. The van der Waals surface area contributed by atoms with E-state index in [9.17, 15) is 47.3 Å². The molecule has 0 radical (unpaired) electrons. The van der Waals surface area contributed by atoms with Crippen molar-refractivity contribution in [3.8, 4) is 0 Å². The molecule has 0 aliphatic rings. The maximum Gasteiger partial charge on any atom is 0.268 e. The van der Waals surface area contributed by atoms with E-state index in [2.05, 4.69) is 64.0 Å². The fourth-order valence-corrected chi connectivity index (χ4v) is 6.15. The third-order valence-electron chi connectivity index (χ3n) is 4.24. The largest absolute Gasteiger partial charge is 0.756 e. The van der Waals surface area contributed by atoms with Crippen molar-refractivity contribution in [2.75, 3.05) is 86.0 Å². The van der Waals surface area contributed by atoms with Crippen LogP contribution in [-0.4, -0.2) is 90.9 Å². The first-order valence-electron chi connectivity index (χ1n) is 11.7. The molecule has 0 spiro atoms. The van der Waals surface area contributed by atoms with Crippen molar-refractivity contribution in [1.82, 2.24) is 10.6 Å². The van der Waals surface area contributed by atoms with Gasteiger partial charge in [-0.2, -0.15) is 12.6 Å². The Hall–Kier alpha value is 0.820. The lowest BCUT2D eigenvalue weighted by molar-refractivity contribution is -0.236. The van der Waals surface area contributed by atoms with Gasteiger partial charge in [-0.05, 0) is 14.1 Å². The quantitative estimate of drug-likeness (QED) is 0.0268. The summed E-state index contributed by atoms with van der Waals surface area (Å²) in [6.45, 7) is -5.59. The monoisotopic (exact) mass is 749 g/mol. The van der Waals surface area contributed by atoms with Crippen molar-refractivity contribution in [3.05, 3.63) is 0 Å². The lowest BCUT2D eigenvalue weighted by Gasteiger charge is -2.29. The highest BCUT2D eigenvalue weighted by molar-refractivity contribution is 7.80. The smallest absolute Gasteiger partial charge is 0.268 e. The van der Waals surface area contributed by atoms with Crippen molar-refractivity contribution in [1.29, 1.82) is 0 Å². The van der Waals surface area contributed by atoms with E-state index < -0.39 is 110 Å². The van der Waals surface area contributed by atoms with Crippen LogP contribution in [0, 0.1) is 11.8 Å². The molecule has 22 nitrogen and oxygen atoms in total. The molecule has 0 amide bonds. The summed E-state index contributed by atoms with van der Waals surface area (Å²) in [5.74, 6) is -2.23. The normalized spacial score (nSPS) is 20.7. The number of phosphoric acid groups is 5. The Morgan fingerprint density at radius 1 is 0.558 bits per heavy atom. The molecular weight excluding hydrogens is 715 g/mol. The van der Waals surface area contributed by atoms with Crippen LogP contribution in [0.2, 0.25) is 0 Å². The molecule has 0 aliphatic heterocycles. The van der Waals surface area contributed by atoms with Crippen LogP contribution >= 0.6 is 51.7 Å². The van der Waals surface area contributed by atoms with Crippen molar-refractivity contribution < 1.29 is 92.9 Å². The van der Waals surface area contributed by atoms with Crippen LogP contribution in [0.15, 0.2) is 0 Å². The number of phosphoric ester groups is 5. The molecule has 7 atom stereocenters. The molecule has 0 aliphatic carbocycles. The van der Waals surface area contributed by atoms with E-state index in [1.165, 1.54) is 14.1 Å². The molecule has 0 rings (SSSR count). The van der Waals surface area contributed by atoms with Crippen LogP contribution < -0.4 is 35.1 Å². The molecule has 0 saturated carbocycles. The molecular formula is C15H34N2O20P5S-5. The van der Waals surface area contributed by atoms with E-state index in [1.807, 2.05) is 0 Å². The average molecular weight is 749 g/mol. The highest BCUT2D eigenvalue weighted by Gasteiger charge is 2.20. The molecule has 28 heteroatoms. The third kappa shape index (κ3) is 25.6. The van der Waals surface area contributed by atoms with Gasteiger partial charge < -0.3 is 80.7 Å². The Balaban J connectivity index is 4.55. The Morgan fingerprint density at radius 3 is 1.09 bits per heavy atom. The zero-order valence-corrected chi connectivity index (χ0v) is 28.2. The second-order valence-corrected chi connectivity index (χ2v) is 15.0. The minimum absolute atomic E-state index is 0.00634. The summed E-state index contributed by atoms with van der Waals surface area (Å²) in [7, 11) is -21.8. The first-order chi connectivity index (χ1) is 19.8. The molecule has 0 bridgehead atoms. The zero-order chi connectivity index (χ0) is 33.2. The summed E-state index contributed by atoms with van der Waals surface area (Å²) < 4.78 is 97.5. The summed E-state index contributed by atoms with van der Waals surface area (Å²) in [4.78, 5) is 66.2. The molecule has 3 N–H and O–H groups in total. The van der Waals surface area contributed by atoms with Gasteiger partial charge in [-0.15, -0.1) is 0 Å². The topological polar surface area (TPSA) is 328 Å². The molecule has 7 unspecified atom stereocenters. The van der Waals surface area contributed by atoms with Gasteiger partial charge in [0.25, 0.3) is 39.1 Å². The Bertz CT molecular complexity index is 1020. The van der Waals surface area contributed by atoms with Crippen molar-refractivity contribution in [2.24, 2.45) is 11.8 Å². The van der Waals surface area contributed by atoms with Gasteiger partial charge in [0.1, 0.15) is 0 Å². The SMILES string of the molecule is CNCC(COP(=O)([O-])O)COP(=O)([O-])OCCOP(=O)([O-])OCC(CNC)COP(=O)([O-])OCCOP(=O)([O-])OCS. The fraction of sp³-hybridized carbons (Fsp3) is 1.00. The highest BCUT2D eigenvalue weighted by Crippen LogP contribution is 2.43. The van der Waals surface area contributed by atoms with Crippen LogP contribution in [0.4, 0.5) is 0 Å². The molecule has 0 aromatic heterocycles. The molecule has 260 valence electrons. The summed E-state index contributed by atoms with van der Waals surface area (Å²) in [6.07, 6.45) is 0. The predicted octanol–water partition coefficient (Wildman–Crippen LogP) is -2.97. The van der Waals surface area contributed by atoms with Crippen molar-refractivity contribution in [2.45, 2.75) is 0 Å². The summed E-state index contributed by atoms with van der Waals surface area (Å²) in [5.41, 5.74) is 0. The molecule has 0 saturated heterocycles. The first kappa shape index (κ1) is 43.8. The number of rotatable bonds is 28. The van der Waals surface area contributed by atoms with E-state index in [0.717, 1.165) is 0 Å². The second-order valence-electron chi connectivity index (χ2n) is 7.88. The molecule has 0 aromatic carbocycles. The lowest BCUT2D eigenvalue weighted by Crippen LogP contribution is -2.29. The first-order valence-corrected chi connectivity index (χ1v) is 19.7. The Morgan fingerprint density at radius 2 is 0.837 bits per heavy atom. The van der Waals surface area contributed by atoms with Gasteiger partial charge in [0.05, 0.1) is 58.8 Å². The highest BCUT2D eigenvalue weighted by atomic mass is 32.1. The van der Waals surface area contributed by atoms with E-state index in [4.69, 9.17) is 4.89 Å². The fourth-order valence-electron chi connectivity index (χ4n) is 2.52. The second kappa shape index (κ2) is 21.6. The van der Waals surface area contributed by atoms with Gasteiger partial charge in [-0.1, -0.05) is 0 Å². The number of hydrogen-bond donors (Lipinski definition) is 4. The Labute approximate surface area is 253 Å². The predicted molar refractivity (Wildman–Crippen MR) is 138 cm³/mol. The minimum atomic E-state index is -5.05. The van der Waals surface area contributed by atoms with Crippen LogP contribution in [0.3, 0.4) is 0 Å². The van der Waals surface area contributed by atoms with Crippen molar-refractivity contribution >= 4 is 51.7 Å². The van der Waals surface area contributed by atoms with E-state index >= 15 is 0 Å². The maximum atomic E-state index is 12.0. The molecule has 0 fully saturated rings. The van der Waals surface area contributed by atoms with Gasteiger partial charge in [0.2, 0.25) is 0 Å². The van der Waals surface area contributed by atoms with Gasteiger partial charge in [-0.25, -0.2) is 0 Å². The third-order valence-corrected chi connectivity index (χ3v) is 8.89. The number of hydrogen-bond acceptors (Lipinski definition) is 22. The minimum Gasteiger partial charge on any atom is -0.756 e. The van der Waals surface area contributed by atoms with Gasteiger partial charge in [0, 0.05) is 24.9 Å². The molecule has 0 aromatic rings. The van der Waals surface area contributed by atoms with Gasteiger partial charge in [0.15, 0.2) is 0 Å². The van der Waals surface area contributed by atoms with E-state index in [1.54, 1.807) is 0 Å². The maximum absolute atomic E-state index is 12.0. The van der Waals surface area contributed by atoms with Gasteiger partial charge in [-0.3, -0.25) is 22.8 Å². The van der Waals surface area contributed by atoms with Crippen LogP contribution in [-0.2, 0) is 63.5 Å². The Kier molecular flexibility index (Phi) is 22.1. The van der Waals surface area contributed by atoms with E-state index in [0.29, 0.717) is 0 Å². The van der Waals surface area contributed by atoms with Crippen LogP contribution in [0.5, 0.6) is 0 Å². The average Bonchev–Trinajstić information content (AvgIpc) is 2.87. The standard InChI is InChI=1S/C15H39N2O20P5S/c1-16-7-14(9-33-38(18,19)20)10-34-39(21,22)29-3-4-30-40(23,24)35-11-15(8-17-2)12-36-41(25,26)31-5-6-32-42(27,28)37-13-43/h14-17,43H,3-13H2,1-2H3,(H,21,22)(H,23,24)(H,25,26)(H,27,28)(H2,18,19,20)/p-5. The number of nitrogens with one attached hydrogen (secondary N) is 2. The molecule has 43 heavy (non-hydrogen) atoms. The molecule has 0 heterocycles.